The fourth-order valence-electron chi connectivity index (χ4n) is 0. The number of hydrogen-bond acceptors (Lipinski definition) is 0. The van der Waals surface area contributed by atoms with Gasteiger partial charge in [-0.2, -0.15) is 0 Å². The first kappa shape index (κ1) is 10.6. The van der Waals surface area contributed by atoms with Crippen LogP contribution in [0.15, 0.2) is 0 Å². The summed E-state index contributed by atoms with van der Waals surface area (Å²) in [6, 6.07) is 0. The first-order chi connectivity index (χ1) is 2.64. The molecule has 0 unspecified atom stereocenters. The van der Waals surface area contributed by atoms with Crippen molar-refractivity contribution in [3.63, 3.8) is 0 Å². The molecule has 0 spiro atoms. The topological polar surface area (TPSA) is 0 Å². The minimum atomic E-state index is 0. The van der Waals surface area contributed by atoms with Gasteiger partial charge in [-0.1, -0.05) is 27.7 Å². The van der Waals surface area contributed by atoms with Crippen molar-refractivity contribution in [2.45, 2.75) is 27.7 Å². The van der Waals surface area contributed by atoms with Crippen molar-refractivity contribution in [1.82, 2.24) is 0 Å². The molecule has 0 heterocycles. The Morgan fingerprint density at radius 1 is 0.714 bits per heavy atom. The van der Waals surface area contributed by atoms with Crippen LogP contribution in [0.4, 0.5) is 0 Å². The van der Waals surface area contributed by atoms with Gasteiger partial charge in [0.25, 0.3) is 0 Å². The monoisotopic (exact) mass is 94.1 g/mol. The van der Waals surface area contributed by atoms with E-state index < -0.39 is 0 Å². The van der Waals surface area contributed by atoms with Crippen molar-refractivity contribution >= 4 is 18.9 Å². The van der Waals surface area contributed by atoms with Crippen molar-refractivity contribution < 1.29 is 0 Å². The van der Waals surface area contributed by atoms with E-state index in [-0.39, 0.29) is 18.9 Å². The van der Waals surface area contributed by atoms with E-state index in [0.29, 0.717) is 0 Å². The van der Waals surface area contributed by atoms with E-state index in [0.717, 1.165) is 11.8 Å². The molecular formula is C6H15Li. The van der Waals surface area contributed by atoms with E-state index in [4.69, 9.17) is 0 Å². The molecule has 0 fully saturated rings. The molecule has 0 bridgehead atoms. The molecule has 0 nitrogen and oxygen atoms in total. The Morgan fingerprint density at radius 2 is 0.857 bits per heavy atom. The Balaban J connectivity index is 0. The van der Waals surface area contributed by atoms with Crippen molar-refractivity contribution in [3.8, 4) is 0 Å². The van der Waals surface area contributed by atoms with Gasteiger partial charge in [0.1, 0.15) is 0 Å². The van der Waals surface area contributed by atoms with Crippen molar-refractivity contribution in [3.05, 3.63) is 0 Å². The summed E-state index contributed by atoms with van der Waals surface area (Å²) >= 11 is 0. The fourth-order valence-corrected chi connectivity index (χ4v) is 0. The van der Waals surface area contributed by atoms with E-state index in [1.165, 1.54) is 0 Å². The van der Waals surface area contributed by atoms with Crippen LogP contribution in [0.25, 0.3) is 0 Å². The van der Waals surface area contributed by atoms with E-state index >= 15 is 0 Å². The van der Waals surface area contributed by atoms with Crippen LogP contribution < -0.4 is 0 Å². The number of hydrogen-bond donors (Lipinski definition) is 0. The molecule has 0 N–H and O–H groups in total. The molecule has 0 aliphatic carbocycles. The van der Waals surface area contributed by atoms with E-state index in [1.807, 2.05) is 0 Å². The molecule has 0 aromatic heterocycles. The van der Waals surface area contributed by atoms with Gasteiger partial charge < -0.3 is 0 Å². The average molecular weight is 94.1 g/mol. The van der Waals surface area contributed by atoms with Crippen LogP contribution in [0, 0.1) is 11.8 Å². The predicted molar refractivity (Wildman–Crippen MR) is 36.8 cm³/mol. The zero-order chi connectivity index (χ0) is 5.15. The van der Waals surface area contributed by atoms with Gasteiger partial charge in [0, 0.05) is 0 Å². The molecule has 0 aliphatic rings. The summed E-state index contributed by atoms with van der Waals surface area (Å²) in [5, 5.41) is 0. The first-order valence-corrected chi connectivity index (χ1v) is 2.64. The minimum absolute atomic E-state index is 0. The molecule has 0 aromatic carbocycles. The van der Waals surface area contributed by atoms with Crippen molar-refractivity contribution in [2.75, 3.05) is 0 Å². The summed E-state index contributed by atoms with van der Waals surface area (Å²) in [5.41, 5.74) is 0. The van der Waals surface area contributed by atoms with E-state index in [1.54, 1.807) is 0 Å². The second-order valence-corrected chi connectivity index (χ2v) is 2.49. The molecule has 0 aromatic rings. The Morgan fingerprint density at radius 3 is 0.857 bits per heavy atom. The van der Waals surface area contributed by atoms with E-state index in [9.17, 15) is 0 Å². The molecule has 0 rings (SSSR count). The Hall–Kier alpha value is 0.597. The van der Waals surface area contributed by atoms with Gasteiger partial charge in [0.05, 0.1) is 0 Å². The van der Waals surface area contributed by atoms with Crippen LogP contribution in [0.3, 0.4) is 0 Å². The van der Waals surface area contributed by atoms with Gasteiger partial charge in [-0.15, -0.1) is 0 Å². The third-order valence-corrected chi connectivity index (χ3v) is 1.33. The molecular weight excluding hydrogens is 79.0 g/mol. The van der Waals surface area contributed by atoms with Crippen molar-refractivity contribution in [2.24, 2.45) is 11.8 Å². The van der Waals surface area contributed by atoms with Gasteiger partial charge in [0.15, 0.2) is 0 Å². The molecule has 0 radical (unpaired) electrons. The normalized spacial score (nSPS) is 9.43. The molecule has 0 amide bonds. The molecule has 1 heteroatoms. The summed E-state index contributed by atoms with van der Waals surface area (Å²) in [6.45, 7) is 8.96. The molecule has 7 heavy (non-hydrogen) atoms. The third-order valence-electron chi connectivity index (χ3n) is 1.33. The van der Waals surface area contributed by atoms with Crippen molar-refractivity contribution in [1.29, 1.82) is 0 Å². The summed E-state index contributed by atoms with van der Waals surface area (Å²) in [6.07, 6.45) is 0. The summed E-state index contributed by atoms with van der Waals surface area (Å²) in [5.74, 6) is 1.70. The Bertz CT molecular complexity index is 25.2. The fraction of sp³-hybridized carbons (Fsp3) is 1.00. The second-order valence-electron chi connectivity index (χ2n) is 2.49. The summed E-state index contributed by atoms with van der Waals surface area (Å²) in [7, 11) is 0. The average Bonchev–Trinajstić information content (AvgIpc) is 1.36. The third kappa shape index (κ3) is 6.60. The maximum absolute atomic E-state index is 2.24. The second kappa shape index (κ2) is 4.75. The quantitative estimate of drug-likeness (QED) is 0.433. The van der Waals surface area contributed by atoms with Crippen LogP contribution in [0.1, 0.15) is 27.7 Å². The maximum atomic E-state index is 2.24. The molecule has 0 saturated carbocycles. The van der Waals surface area contributed by atoms with Crippen LogP contribution in [0.5, 0.6) is 0 Å². The van der Waals surface area contributed by atoms with Crippen LogP contribution in [-0.4, -0.2) is 18.9 Å². The van der Waals surface area contributed by atoms with Crippen LogP contribution in [0.2, 0.25) is 0 Å². The SMILES string of the molecule is CC(C)C(C)C.[LiH]. The zero-order valence-corrected chi connectivity index (χ0v) is 5.15. The van der Waals surface area contributed by atoms with Gasteiger partial charge in [-0.3, -0.25) is 0 Å². The van der Waals surface area contributed by atoms with E-state index in [2.05, 4.69) is 27.7 Å². The van der Waals surface area contributed by atoms with Crippen LogP contribution in [-0.2, 0) is 0 Å². The Labute approximate surface area is 58.9 Å². The van der Waals surface area contributed by atoms with Gasteiger partial charge in [-0.25, -0.2) is 0 Å². The van der Waals surface area contributed by atoms with Gasteiger partial charge >= 0.3 is 18.9 Å². The predicted octanol–water partition coefficient (Wildman–Crippen LogP) is 1.65. The standard InChI is InChI=1S/C6H14.Li.H/c1-5(2)6(3)4;;/h5-6H,1-4H3;;. The summed E-state index contributed by atoms with van der Waals surface area (Å²) < 4.78 is 0. The first-order valence-electron chi connectivity index (χ1n) is 2.64. The van der Waals surface area contributed by atoms with Gasteiger partial charge in [0.2, 0.25) is 0 Å². The molecule has 0 aliphatic heterocycles. The van der Waals surface area contributed by atoms with Crippen LogP contribution >= 0.6 is 0 Å². The molecule has 0 saturated heterocycles. The number of rotatable bonds is 1. The molecule has 0 atom stereocenters. The molecule has 40 valence electrons. The zero-order valence-electron chi connectivity index (χ0n) is 5.15. The Kier molecular flexibility index (Phi) is 7.16. The van der Waals surface area contributed by atoms with Gasteiger partial charge in [-0.05, 0) is 11.8 Å². The summed E-state index contributed by atoms with van der Waals surface area (Å²) in [4.78, 5) is 0.